The molecule has 0 aliphatic heterocycles. The fourth-order valence-corrected chi connectivity index (χ4v) is 0.978. The molecule has 1 N–H and O–H groups in total. The standard InChI is InChI=1S/C8H14N4O/c1-3-9-4-8-6-12(11-10-8)5-7(2)13/h6,9H,3-5H2,1-2H3. The molecule has 0 unspecified atom stereocenters. The average molecular weight is 182 g/mol. The summed E-state index contributed by atoms with van der Waals surface area (Å²) < 4.78 is 1.55. The molecule has 0 aliphatic rings. The Balaban J connectivity index is 2.48. The zero-order valence-corrected chi connectivity index (χ0v) is 7.95. The van der Waals surface area contributed by atoms with E-state index in [2.05, 4.69) is 15.6 Å². The van der Waals surface area contributed by atoms with Gasteiger partial charge >= 0.3 is 0 Å². The van der Waals surface area contributed by atoms with Crippen LogP contribution in [0.5, 0.6) is 0 Å². The summed E-state index contributed by atoms with van der Waals surface area (Å²) in [6.07, 6.45) is 1.78. The van der Waals surface area contributed by atoms with Crippen molar-refractivity contribution in [3.8, 4) is 0 Å². The van der Waals surface area contributed by atoms with Crippen LogP contribution >= 0.6 is 0 Å². The Labute approximate surface area is 77.1 Å². The van der Waals surface area contributed by atoms with Gasteiger partial charge in [-0.2, -0.15) is 0 Å². The quantitative estimate of drug-likeness (QED) is 0.695. The van der Waals surface area contributed by atoms with Crippen molar-refractivity contribution in [1.29, 1.82) is 0 Å². The molecule has 0 saturated carbocycles. The molecule has 0 saturated heterocycles. The van der Waals surface area contributed by atoms with Crippen LogP contribution < -0.4 is 5.32 Å². The summed E-state index contributed by atoms with van der Waals surface area (Å²) in [5, 5.41) is 10.9. The number of hydrogen-bond acceptors (Lipinski definition) is 4. The van der Waals surface area contributed by atoms with Gasteiger partial charge in [-0.25, -0.2) is 4.68 Å². The molecule has 1 rings (SSSR count). The maximum absolute atomic E-state index is 10.7. The van der Waals surface area contributed by atoms with Crippen molar-refractivity contribution < 1.29 is 4.79 Å². The Morgan fingerprint density at radius 2 is 2.46 bits per heavy atom. The molecule has 5 heteroatoms. The highest BCUT2D eigenvalue weighted by molar-refractivity contribution is 5.75. The lowest BCUT2D eigenvalue weighted by molar-refractivity contribution is -0.117. The number of nitrogens with zero attached hydrogens (tertiary/aromatic N) is 3. The molecule has 0 aliphatic carbocycles. The lowest BCUT2D eigenvalue weighted by Gasteiger charge is -1.94. The van der Waals surface area contributed by atoms with Crippen LogP contribution in [0.2, 0.25) is 0 Å². The van der Waals surface area contributed by atoms with Gasteiger partial charge in [0.2, 0.25) is 0 Å². The fraction of sp³-hybridized carbons (Fsp3) is 0.625. The SMILES string of the molecule is CCNCc1cn(CC(C)=O)nn1. The number of carbonyl (C=O) groups is 1. The number of rotatable bonds is 5. The van der Waals surface area contributed by atoms with Crippen molar-refractivity contribution in [2.24, 2.45) is 0 Å². The van der Waals surface area contributed by atoms with Gasteiger partial charge in [0.15, 0.2) is 5.78 Å². The zero-order chi connectivity index (χ0) is 9.68. The summed E-state index contributed by atoms with van der Waals surface area (Å²) in [5.74, 6) is 0.0832. The smallest absolute Gasteiger partial charge is 0.151 e. The van der Waals surface area contributed by atoms with Crippen molar-refractivity contribution in [2.45, 2.75) is 26.9 Å². The van der Waals surface area contributed by atoms with Crippen molar-refractivity contribution in [2.75, 3.05) is 6.54 Å². The van der Waals surface area contributed by atoms with Crippen molar-refractivity contribution in [1.82, 2.24) is 20.3 Å². The Kier molecular flexibility index (Phi) is 3.57. The average Bonchev–Trinajstić information content (AvgIpc) is 2.48. The van der Waals surface area contributed by atoms with E-state index in [-0.39, 0.29) is 5.78 Å². The van der Waals surface area contributed by atoms with Gasteiger partial charge in [0.1, 0.15) is 6.54 Å². The summed E-state index contributed by atoms with van der Waals surface area (Å²) in [6, 6.07) is 0. The van der Waals surface area contributed by atoms with Gasteiger partial charge in [-0.1, -0.05) is 12.1 Å². The third-order valence-corrected chi connectivity index (χ3v) is 1.53. The summed E-state index contributed by atoms with van der Waals surface area (Å²) in [5.41, 5.74) is 0.864. The first-order chi connectivity index (χ1) is 6.22. The first-order valence-corrected chi connectivity index (χ1v) is 4.31. The second-order valence-corrected chi connectivity index (χ2v) is 2.89. The molecule has 1 heterocycles. The number of aromatic nitrogens is 3. The Morgan fingerprint density at radius 3 is 3.08 bits per heavy atom. The molecule has 1 aromatic heterocycles. The van der Waals surface area contributed by atoms with Crippen LogP contribution in [0.25, 0.3) is 0 Å². The van der Waals surface area contributed by atoms with Gasteiger partial charge < -0.3 is 5.32 Å². The molecule has 0 radical (unpaired) electrons. The molecule has 0 spiro atoms. The largest absolute Gasteiger partial charge is 0.311 e. The van der Waals surface area contributed by atoms with Crippen LogP contribution in [0.3, 0.4) is 0 Å². The highest BCUT2D eigenvalue weighted by Crippen LogP contribution is 1.92. The van der Waals surface area contributed by atoms with E-state index >= 15 is 0 Å². The van der Waals surface area contributed by atoms with Crippen LogP contribution in [0.1, 0.15) is 19.5 Å². The monoisotopic (exact) mass is 182 g/mol. The number of carbonyl (C=O) groups excluding carboxylic acids is 1. The minimum Gasteiger partial charge on any atom is -0.311 e. The van der Waals surface area contributed by atoms with Crippen LogP contribution in [-0.2, 0) is 17.9 Å². The predicted octanol–water partition coefficient (Wildman–Crippen LogP) is -0.0234. The van der Waals surface area contributed by atoms with E-state index in [0.29, 0.717) is 13.1 Å². The van der Waals surface area contributed by atoms with Crippen LogP contribution in [-0.4, -0.2) is 27.3 Å². The zero-order valence-electron chi connectivity index (χ0n) is 7.95. The Bertz CT molecular complexity index is 281. The number of hydrogen-bond donors (Lipinski definition) is 1. The summed E-state index contributed by atoms with van der Waals surface area (Å²) in [7, 11) is 0. The Hall–Kier alpha value is -1.23. The molecule has 5 nitrogen and oxygen atoms in total. The lowest BCUT2D eigenvalue weighted by Crippen LogP contribution is -2.12. The third kappa shape index (κ3) is 3.33. The molecule has 0 bridgehead atoms. The Morgan fingerprint density at radius 1 is 1.69 bits per heavy atom. The topological polar surface area (TPSA) is 59.8 Å². The maximum Gasteiger partial charge on any atom is 0.151 e. The van der Waals surface area contributed by atoms with Crippen LogP contribution in [0, 0.1) is 0 Å². The minimum atomic E-state index is 0.0832. The van der Waals surface area contributed by atoms with Crippen LogP contribution in [0.4, 0.5) is 0 Å². The van der Waals surface area contributed by atoms with Crippen molar-refractivity contribution >= 4 is 5.78 Å². The normalized spacial score (nSPS) is 10.3. The summed E-state index contributed by atoms with van der Waals surface area (Å²) >= 11 is 0. The molecule has 13 heavy (non-hydrogen) atoms. The number of nitrogens with one attached hydrogen (secondary N) is 1. The van der Waals surface area contributed by atoms with E-state index in [1.54, 1.807) is 10.9 Å². The van der Waals surface area contributed by atoms with E-state index in [4.69, 9.17) is 0 Å². The third-order valence-electron chi connectivity index (χ3n) is 1.53. The molecule has 0 fully saturated rings. The summed E-state index contributed by atoms with van der Waals surface area (Å²) in [4.78, 5) is 10.7. The lowest BCUT2D eigenvalue weighted by atomic mass is 10.4. The van der Waals surface area contributed by atoms with Gasteiger partial charge in [-0.15, -0.1) is 5.10 Å². The van der Waals surface area contributed by atoms with E-state index < -0.39 is 0 Å². The van der Waals surface area contributed by atoms with Gasteiger partial charge in [-0.05, 0) is 13.5 Å². The second-order valence-electron chi connectivity index (χ2n) is 2.89. The van der Waals surface area contributed by atoms with Crippen molar-refractivity contribution in [3.63, 3.8) is 0 Å². The van der Waals surface area contributed by atoms with E-state index in [1.807, 2.05) is 6.92 Å². The van der Waals surface area contributed by atoms with Gasteiger partial charge in [-0.3, -0.25) is 4.79 Å². The van der Waals surface area contributed by atoms with E-state index in [0.717, 1.165) is 12.2 Å². The molecular weight excluding hydrogens is 168 g/mol. The minimum absolute atomic E-state index is 0.0832. The molecule has 0 atom stereocenters. The maximum atomic E-state index is 10.7. The van der Waals surface area contributed by atoms with Gasteiger partial charge in [0, 0.05) is 6.54 Å². The molecule has 1 aromatic rings. The molecule has 0 amide bonds. The highest BCUT2D eigenvalue weighted by atomic mass is 16.1. The fourth-order valence-electron chi connectivity index (χ4n) is 0.978. The predicted molar refractivity (Wildman–Crippen MR) is 48.1 cm³/mol. The number of ketones is 1. The first kappa shape index (κ1) is 9.85. The van der Waals surface area contributed by atoms with Crippen LogP contribution in [0.15, 0.2) is 6.20 Å². The first-order valence-electron chi connectivity index (χ1n) is 4.31. The second kappa shape index (κ2) is 4.71. The summed E-state index contributed by atoms with van der Waals surface area (Å²) in [6.45, 7) is 5.47. The van der Waals surface area contributed by atoms with E-state index in [9.17, 15) is 4.79 Å². The van der Waals surface area contributed by atoms with Gasteiger partial charge in [0.05, 0.1) is 11.9 Å². The van der Waals surface area contributed by atoms with E-state index in [1.165, 1.54) is 6.92 Å². The number of Topliss-reactive ketones (excluding diaryl/α,β-unsaturated/α-hetero) is 1. The van der Waals surface area contributed by atoms with Gasteiger partial charge in [0.25, 0.3) is 0 Å². The molecule has 0 aromatic carbocycles. The molecule has 72 valence electrons. The van der Waals surface area contributed by atoms with Crippen molar-refractivity contribution in [3.05, 3.63) is 11.9 Å². The molecular formula is C8H14N4O. The highest BCUT2D eigenvalue weighted by Gasteiger charge is 2.01.